The lowest BCUT2D eigenvalue weighted by atomic mass is 10.1. The molecule has 0 saturated heterocycles. The summed E-state index contributed by atoms with van der Waals surface area (Å²) >= 11 is 0. The van der Waals surface area contributed by atoms with Crippen molar-refractivity contribution in [2.75, 3.05) is 12.4 Å². The van der Waals surface area contributed by atoms with Gasteiger partial charge in [0.1, 0.15) is 5.75 Å². The number of rotatable bonds is 4. The molecule has 1 aromatic rings. The number of methoxy groups -OCH3 is 1. The van der Waals surface area contributed by atoms with Crippen LogP contribution in [0.25, 0.3) is 0 Å². The highest BCUT2D eigenvalue weighted by Crippen LogP contribution is 2.59. The van der Waals surface area contributed by atoms with E-state index < -0.39 is 0 Å². The van der Waals surface area contributed by atoms with Crippen LogP contribution in [0.3, 0.4) is 0 Å². The summed E-state index contributed by atoms with van der Waals surface area (Å²) in [6.07, 6.45) is 2.20. The Morgan fingerprint density at radius 1 is 1.35 bits per heavy atom. The second-order valence-electron chi connectivity index (χ2n) is 6.29. The normalized spacial score (nSPS) is 22.9. The first kappa shape index (κ1) is 14.6. The molecule has 3 nitrogen and oxygen atoms in total. The van der Waals surface area contributed by atoms with E-state index in [9.17, 15) is 4.79 Å². The summed E-state index contributed by atoms with van der Waals surface area (Å²) in [4.78, 5) is 12.4. The number of anilines is 1. The van der Waals surface area contributed by atoms with Crippen molar-refractivity contribution in [1.82, 2.24) is 0 Å². The molecule has 108 valence electrons. The molecule has 1 amide bonds. The third-order valence-electron chi connectivity index (χ3n) is 4.04. The Kier molecular flexibility index (Phi) is 3.89. The molecule has 3 heteroatoms. The topological polar surface area (TPSA) is 38.3 Å². The molecule has 0 unspecified atom stereocenters. The van der Waals surface area contributed by atoms with Gasteiger partial charge in [-0.1, -0.05) is 31.6 Å². The van der Waals surface area contributed by atoms with Crippen LogP contribution in [-0.4, -0.2) is 13.0 Å². The molecule has 20 heavy (non-hydrogen) atoms. The average molecular weight is 273 g/mol. The van der Waals surface area contributed by atoms with Crippen LogP contribution in [-0.2, 0) is 4.79 Å². The van der Waals surface area contributed by atoms with E-state index >= 15 is 0 Å². The van der Waals surface area contributed by atoms with Gasteiger partial charge in [-0.05, 0) is 37.3 Å². The molecule has 1 saturated carbocycles. The molecule has 0 spiro atoms. The van der Waals surface area contributed by atoms with E-state index in [0.717, 1.165) is 11.4 Å². The largest absolute Gasteiger partial charge is 0.497 e. The average Bonchev–Trinajstić information content (AvgIpc) is 2.90. The van der Waals surface area contributed by atoms with Gasteiger partial charge in [-0.15, -0.1) is 0 Å². The number of nitrogens with one attached hydrogen (secondary N) is 1. The van der Waals surface area contributed by atoms with Gasteiger partial charge in [0.2, 0.25) is 5.91 Å². The summed E-state index contributed by atoms with van der Waals surface area (Å²) < 4.78 is 5.17. The van der Waals surface area contributed by atoms with Crippen LogP contribution in [0.2, 0.25) is 0 Å². The van der Waals surface area contributed by atoms with Gasteiger partial charge in [-0.25, -0.2) is 0 Å². The third kappa shape index (κ3) is 2.87. The van der Waals surface area contributed by atoms with Crippen LogP contribution < -0.4 is 10.1 Å². The fourth-order valence-electron chi connectivity index (χ4n) is 2.77. The predicted molar refractivity (Wildman–Crippen MR) is 81.8 cm³/mol. The lowest BCUT2D eigenvalue weighted by Crippen LogP contribution is -2.16. The van der Waals surface area contributed by atoms with Crippen molar-refractivity contribution in [2.45, 2.75) is 27.7 Å². The predicted octanol–water partition coefficient (Wildman–Crippen LogP) is 3.87. The van der Waals surface area contributed by atoms with Crippen molar-refractivity contribution in [2.24, 2.45) is 17.3 Å². The minimum Gasteiger partial charge on any atom is -0.497 e. The molecule has 1 N–H and O–H groups in total. The summed E-state index contributed by atoms with van der Waals surface area (Å²) in [6.45, 7) is 8.44. The van der Waals surface area contributed by atoms with E-state index in [-0.39, 0.29) is 17.2 Å². The number of benzene rings is 1. The summed E-state index contributed by atoms with van der Waals surface area (Å²) in [7, 11) is 1.62. The molecule has 0 aromatic heterocycles. The number of amides is 1. The maximum Gasteiger partial charge on any atom is 0.228 e. The molecule has 0 bridgehead atoms. The van der Waals surface area contributed by atoms with Crippen LogP contribution in [0.5, 0.6) is 5.75 Å². The zero-order valence-corrected chi connectivity index (χ0v) is 12.9. The Morgan fingerprint density at radius 2 is 2.05 bits per heavy atom. The molecule has 2 rings (SSSR count). The SMILES string of the molecule is COc1cccc(NC(=O)[C@@H]2[C@@H](C=C(C)C)C2(C)C)c1. The fourth-order valence-corrected chi connectivity index (χ4v) is 2.77. The van der Waals surface area contributed by atoms with Crippen LogP contribution in [0.4, 0.5) is 5.69 Å². The number of carbonyl (C=O) groups is 1. The Bertz CT molecular complexity index is 542. The first-order chi connectivity index (χ1) is 9.36. The number of ether oxygens (including phenoxy) is 1. The summed E-state index contributed by atoms with van der Waals surface area (Å²) in [5.74, 6) is 1.21. The zero-order valence-electron chi connectivity index (χ0n) is 12.9. The van der Waals surface area contributed by atoms with Crippen molar-refractivity contribution in [3.63, 3.8) is 0 Å². The number of hydrogen-bond acceptors (Lipinski definition) is 2. The van der Waals surface area contributed by atoms with Crippen LogP contribution >= 0.6 is 0 Å². The fraction of sp³-hybridized carbons (Fsp3) is 0.471. The molecule has 1 aliphatic carbocycles. The van der Waals surface area contributed by atoms with E-state index in [1.165, 1.54) is 5.57 Å². The maximum atomic E-state index is 12.4. The lowest BCUT2D eigenvalue weighted by molar-refractivity contribution is -0.118. The smallest absolute Gasteiger partial charge is 0.228 e. The molecule has 0 heterocycles. The molecular weight excluding hydrogens is 250 g/mol. The van der Waals surface area contributed by atoms with Crippen molar-refractivity contribution < 1.29 is 9.53 Å². The van der Waals surface area contributed by atoms with Crippen molar-refractivity contribution >= 4 is 11.6 Å². The van der Waals surface area contributed by atoms with Crippen molar-refractivity contribution in [3.05, 3.63) is 35.9 Å². The van der Waals surface area contributed by atoms with Crippen molar-refractivity contribution in [1.29, 1.82) is 0 Å². The van der Waals surface area contributed by atoms with Gasteiger partial charge in [0, 0.05) is 11.8 Å². The second-order valence-corrected chi connectivity index (χ2v) is 6.29. The van der Waals surface area contributed by atoms with Crippen LogP contribution in [0, 0.1) is 17.3 Å². The highest BCUT2D eigenvalue weighted by Gasteiger charge is 2.60. The summed E-state index contributed by atoms with van der Waals surface area (Å²) in [6, 6.07) is 7.46. The highest BCUT2D eigenvalue weighted by atomic mass is 16.5. The van der Waals surface area contributed by atoms with Gasteiger partial charge in [-0.3, -0.25) is 4.79 Å². The number of hydrogen-bond donors (Lipinski definition) is 1. The van der Waals surface area contributed by atoms with E-state index in [4.69, 9.17) is 4.74 Å². The molecular formula is C17H23NO2. The number of allylic oxidation sites excluding steroid dienone is 2. The number of carbonyl (C=O) groups excluding carboxylic acids is 1. The van der Waals surface area contributed by atoms with Crippen molar-refractivity contribution in [3.8, 4) is 5.75 Å². The van der Waals surface area contributed by atoms with Gasteiger partial charge < -0.3 is 10.1 Å². The molecule has 0 aliphatic heterocycles. The first-order valence-corrected chi connectivity index (χ1v) is 6.96. The Morgan fingerprint density at radius 3 is 2.65 bits per heavy atom. The Labute approximate surface area is 121 Å². The first-order valence-electron chi connectivity index (χ1n) is 6.96. The van der Waals surface area contributed by atoms with Gasteiger partial charge in [0.05, 0.1) is 13.0 Å². The van der Waals surface area contributed by atoms with E-state index in [1.54, 1.807) is 7.11 Å². The highest BCUT2D eigenvalue weighted by molar-refractivity contribution is 5.95. The van der Waals surface area contributed by atoms with E-state index in [0.29, 0.717) is 5.92 Å². The summed E-state index contributed by atoms with van der Waals surface area (Å²) in [5.41, 5.74) is 2.09. The van der Waals surface area contributed by atoms with E-state index in [2.05, 4.69) is 39.1 Å². The Balaban J connectivity index is 2.08. The molecule has 1 aromatic carbocycles. The Hall–Kier alpha value is -1.77. The molecule has 1 aliphatic rings. The van der Waals surface area contributed by atoms with Gasteiger partial charge >= 0.3 is 0 Å². The second kappa shape index (κ2) is 5.31. The zero-order chi connectivity index (χ0) is 14.9. The van der Waals surface area contributed by atoms with Gasteiger partial charge in [0.25, 0.3) is 0 Å². The minimum atomic E-state index is 0.0419. The minimum absolute atomic E-state index is 0.0419. The molecule has 1 fully saturated rings. The van der Waals surface area contributed by atoms with Gasteiger partial charge in [-0.2, -0.15) is 0 Å². The lowest BCUT2D eigenvalue weighted by Gasteiger charge is -2.07. The summed E-state index contributed by atoms with van der Waals surface area (Å²) in [5, 5.41) is 2.99. The monoisotopic (exact) mass is 273 g/mol. The van der Waals surface area contributed by atoms with Crippen LogP contribution in [0.15, 0.2) is 35.9 Å². The van der Waals surface area contributed by atoms with E-state index in [1.807, 2.05) is 24.3 Å². The van der Waals surface area contributed by atoms with Crippen LogP contribution in [0.1, 0.15) is 27.7 Å². The quantitative estimate of drug-likeness (QED) is 0.846. The molecule has 0 radical (unpaired) electrons. The standard InChI is InChI=1S/C17H23NO2/c1-11(2)9-14-15(17(14,3)4)16(19)18-12-7-6-8-13(10-12)20-5/h6-10,14-15H,1-5H3,(H,18,19)/t14-,15+/m1/s1. The maximum absolute atomic E-state index is 12.4. The third-order valence-corrected chi connectivity index (χ3v) is 4.04. The van der Waals surface area contributed by atoms with Gasteiger partial charge in [0.15, 0.2) is 0 Å². The molecule has 2 atom stereocenters.